The second-order valence-corrected chi connectivity index (χ2v) is 18.8. The van der Waals surface area contributed by atoms with Gasteiger partial charge in [0.2, 0.25) is 0 Å². The van der Waals surface area contributed by atoms with E-state index in [1.54, 1.807) is 4.90 Å². The molecule has 0 radical (unpaired) electrons. The minimum Gasteiger partial charge on any atom is -0.444 e. The maximum atomic E-state index is 15.0. The number of aliphatic hydroxyl groups excluding tert-OH is 1. The zero-order chi connectivity index (χ0) is 35.0. The Morgan fingerprint density at radius 2 is 1.62 bits per heavy atom. The third-order valence-corrected chi connectivity index (χ3v) is 14.6. The largest absolute Gasteiger partial charge is 0.444 e. The third-order valence-electron chi connectivity index (χ3n) is 14.4. The Balaban J connectivity index is 1.34. The van der Waals surface area contributed by atoms with Gasteiger partial charge in [0.1, 0.15) is 5.60 Å². The SMILES string of the molecule is CC(C)C1=C2C(C(=O)CN(Cc3ccc(Cl)cc3)C(=O)OC(C)(C)C)(CC1)CCC1C2(N)CCC2C3(C)CCC(O)C(C)C3CCC12C. The van der Waals surface area contributed by atoms with Crippen LogP contribution in [0.1, 0.15) is 125 Å². The summed E-state index contributed by atoms with van der Waals surface area (Å²) in [5.74, 6) is 2.17. The first-order valence-electron chi connectivity index (χ1n) is 18.8. The fourth-order valence-electron chi connectivity index (χ4n) is 12.2. The van der Waals surface area contributed by atoms with Gasteiger partial charge in [-0.2, -0.15) is 0 Å². The molecule has 7 heteroatoms. The quantitative estimate of drug-likeness (QED) is 0.292. The number of carbonyl (C=O) groups is 2. The predicted octanol–water partition coefficient (Wildman–Crippen LogP) is 9.11. The molecule has 0 heterocycles. The van der Waals surface area contributed by atoms with Crippen molar-refractivity contribution in [3.05, 3.63) is 46.0 Å². The highest BCUT2D eigenvalue weighted by Gasteiger charge is 2.68. The number of fused-ring (bicyclic) bond motifs is 7. The molecule has 5 aliphatic rings. The molecule has 5 aliphatic carbocycles. The van der Waals surface area contributed by atoms with Crippen molar-refractivity contribution in [1.82, 2.24) is 4.90 Å². The van der Waals surface area contributed by atoms with Crippen molar-refractivity contribution >= 4 is 23.5 Å². The van der Waals surface area contributed by atoms with E-state index in [1.807, 2.05) is 45.0 Å². The Hall–Kier alpha value is -1.89. The molecule has 6 nitrogen and oxygen atoms in total. The monoisotopic (exact) mass is 680 g/mol. The van der Waals surface area contributed by atoms with Gasteiger partial charge in [-0.25, -0.2) is 4.79 Å². The number of aliphatic hydroxyl groups is 1. The number of nitrogens with zero attached hydrogens (tertiary/aromatic N) is 1. The Kier molecular flexibility index (Phi) is 9.28. The van der Waals surface area contributed by atoms with Crippen LogP contribution in [0, 0.1) is 45.8 Å². The Labute approximate surface area is 294 Å². The summed E-state index contributed by atoms with van der Waals surface area (Å²) in [7, 11) is 0. The van der Waals surface area contributed by atoms with Crippen LogP contribution in [0.3, 0.4) is 0 Å². The molecule has 48 heavy (non-hydrogen) atoms. The van der Waals surface area contributed by atoms with Crippen molar-refractivity contribution in [2.45, 2.75) is 143 Å². The zero-order valence-corrected chi connectivity index (χ0v) is 31.6. The third kappa shape index (κ3) is 5.78. The number of Topliss-reactive ketones (excluding diaryl/α,β-unsaturated/α-hetero) is 1. The van der Waals surface area contributed by atoms with Crippen molar-refractivity contribution in [2.75, 3.05) is 6.54 Å². The molecule has 0 aromatic heterocycles. The van der Waals surface area contributed by atoms with Crippen LogP contribution < -0.4 is 5.73 Å². The topological polar surface area (TPSA) is 92.9 Å². The lowest BCUT2D eigenvalue weighted by atomic mass is 9.36. The number of nitrogens with two attached hydrogens (primary N) is 1. The van der Waals surface area contributed by atoms with E-state index < -0.39 is 22.6 Å². The number of rotatable bonds is 6. The first-order chi connectivity index (χ1) is 22.4. The molecule has 6 rings (SSSR count). The summed E-state index contributed by atoms with van der Waals surface area (Å²) in [5.41, 5.74) is 9.84. The molecular weight excluding hydrogens is 620 g/mol. The second kappa shape index (κ2) is 12.4. The molecule has 1 aromatic carbocycles. The highest BCUT2D eigenvalue weighted by atomic mass is 35.5. The van der Waals surface area contributed by atoms with Crippen LogP contribution in [0.5, 0.6) is 0 Å². The molecule has 0 aliphatic heterocycles. The van der Waals surface area contributed by atoms with Crippen molar-refractivity contribution < 1.29 is 19.4 Å². The summed E-state index contributed by atoms with van der Waals surface area (Å²) in [4.78, 5) is 30.2. The molecule has 3 N–H and O–H groups in total. The molecule has 266 valence electrons. The van der Waals surface area contributed by atoms with Crippen molar-refractivity contribution in [3.63, 3.8) is 0 Å². The molecule has 0 bridgehead atoms. The van der Waals surface area contributed by atoms with Crippen LogP contribution in [0.15, 0.2) is 35.4 Å². The summed E-state index contributed by atoms with van der Waals surface area (Å²) in [6.45, 7) is 17.7. The molecular formula is C41H61ClN2O4. The molecule has 9 atom stereocenters. The first kappa shape index (κ1) is 35.9. The van der Waals surface area contributed by atoms with E-state index in [9.17, 15) is 14.7 Å². The van der Waals surface area contributed by atoms with Crippen molar-refractivity contribution in [1.29, 1.82) is 0 Å². The maximum absolute atomic E-state index is 15.0. The van der Waals surface area contributed by atoms with Gasteiger partial charge in [0.15, 0.2) is 5.78 Å². The average Bonchev–Trinajstić information content (AvgIpc) is 3.42. The van der Waals surface area contributed by atoms with Gasteiger partial charge in [-0.3, -0.25) is 9.69 Å². The second-order valence-electron chi connectivity index (χ2n) is 18.4. The normalized spacial score (nSPS) is 39.3. The molecule has 1 aromatic rings. The van der Waals surface area contributed by atoms with Crippen molar-refractivity contribution in [3.8, 4) is 0 Å². The number of hydrogen-bond acceptors (Lipinski definition) is 5. The summed E-state index contributed by atoms with van der Waals surface area (Å²) < 4.78 is 5.85. The molecule has 0 saturated heterocycles. The van der Waals surface area contributed by atoms with Crippen LogP contribution in [0.2, 0.25) is 5.02 Å². The van der Waals surface area contributed by atoms with Gasteiger partial charge in [-0.05, 0) is 149 Å². The Bertz CT molecular complexity index is 1450. The summed E-state index contributed by atoms with van der Waals surface area (Å²) in [6, 6.07) is 7.44. The smallest absolute Gasteiger partial charge is 0.410 e. The number of ether oxygens (including phenoxy) is 1. The number of amides is 1. The molecule has 4 fully saturated rings. The number of benzene rings is 1. The number of allylic oxidation sites excluding steroid dienone is 1. The van der Waals surface area contributed by atoms with Gasteiger partial charge >= 0.3 is 6.09 Å². The molecule has 0 spiro atoms. The molecule has 4 saturated carbocycles. The summed E-state index contributed by atoms with van der Waals surface area (Å²) >= 11 is 6.17. The lowest BCUT2D eigenvalue weighted by molar-refractivity contribution is -0.183. The zero-order valence-electron chi connectivity index (χ0n) is 30.8. The van der Waals surface area contributed by atoms with E-state index >= 15 is 0 Å². The van der Waals surface area contributed by atoms with E-state index in [0.29, 0.717) is 34.6 Å². The predicted molar refractivity (Wildman–Crippen MR) is 192 cm³/mol. The van der Waals surface area contributed by atoms with E-state index in [2.05, 4.69) is 34.6 Å². The van der Waals surface area contributed by atoms with E-state index in [-0.39, 0.29) is 35.8 Å². The summed E-state index contributed by atoms with van der Waals surface area (Å²) in [6.07, 6.45) is 8.96. The highest BCUT2D eigenvalue weighted by Crippen LogP contribution is 2.72. The highest BCUT2D eigenvalue weighted by molar-refractivity contribution is 6.30. The van der Waals surface area contributed by atoms with Gasteiger partial charge < -0.3 is 15.6 Å². The lowest BCUT2D eigenvalue weighted by Crippen LogP contribution is -2.69. The molecule has 9 unspecified atom stereocenters. The summed E-state index contributed by atoms with van der Waals surface area (Å²) in [5, 5.41) is 11.5. The fourth-order valence-corrected chi connectivity index (χ4v) is 12.4. The number of hydrogen-bond donors (Lipinski definition) is 2. The molecule has 1 amide bonds. The number of carbonyl (C=O) groups excluding carboxylic acids is 2. The minimum absolute atomic E-state index is 0.00692. The maximum Gasteiger partial charge on any atom is 0.410 e. The van der Waals surface area contributed by atoms with E-state index in [4.69, 9.17) is 22.1 Å². The van der Waals surface area contributed by atoms with Crippen LogP contribution >= 0.6 is 11.6 Å². The van der Waals surface area contributed by atoms with Crippen LogP contribution in [0.25, 0.3) is 0 Å². The Morgan fingerprint density at radius 3 is 2.27 bits per heavy atom. The van der Waals surface area contributed by atoms with Gasteiger partial charge in [0.25, 0.3) is 0 Å². The minimum atomic E-state index is -0.683. The van der Waals surface area contributed by atoms with Crippen molar-refractivity contribution in [2.24, 2.45) is 51.6 Å². The van der Waals surface area contributed by atoms with E-state index in [1.165, 1.54) is 11.1 Å². The lowest BCUT2D eigenvalue weighted by Gasteiger charge is -2.69. The van der Waals surface area contributed by atoms with Crippen LogP contribution in [-0.2, 0) is 16.1 Å². The average molecular weight is 681 g/mol. The first-order valence-corrected chi connectivity index (χ1v) is 19.2. The fraction of sp³-hybridized carbons (Fsp3) is 0.756. The van der Waals surface area contributed by atoms with Gasteiger partial charge in [0, 0.05) is 17.1 Å². The van der Waals surface area contributed by atoms with Gasteiger partial charge in [0.05, 0.1) is 18.1 Å². The number of ketones is 1. The van der Waals surface area contributed by atoms with Crippen LogP contribution in [0.4, 0.5) is 4.79 Å². The van der Waals surface area contributed by atoms with Crippen LogP contribution in [-0.4, -0.2) is 45.7 Å². The standard InChI is InChI=1S/C41H61ClN2O4/c1-25(2)29-13-20-40(34(46)24-44(36(47)48-37(4,5)6)23-27-9-11-28(42)12-10-27)21-16-33-39(8)18-14-30-26(3)31(45)15-19-38(30,7)32(39)17-22-41(33,43)35(29)40/h9-12,25-26,30-33,45H,13-24,43H2,1-8H3. The van der Waals surface area contributed by atoms with Gasteiger partial charge in [-0.1, -0.05) is 63.9 Å². The Morgan fingerprint density at radius 1 is 0.979 bits per heavy atom. The van der Waals surface area contributed by atoms with E-state index in [0.717, 1.165) is 69.8 Å². The number of halogens is 1. The van der Waals surface area contributed by atoms with Gasteiger partial charge in [-0.15, -0.1) is 0 Å².